The highest BCUT2D eigenvalue weighted by Gasteiger charge is 2.32. The van der Waals surface area contributed by atoms with Gasteiger partial charge in [-0.05, 0) is 18.2 Å². The van der Waals surface area contributed by atoms with Crippen LogP contribution >= 0.6 is 0 Å². The van der Waals surface area contributed by atoms with E-state index in [4.69, 9.17) is 4.42 Å². The fourth-order valence-electron chi connectivity index (χ4n) is 1.18. The number of alkyl halides is 3. The van der Waals surface area contributed by atoms with Crippen molar-refractivity contribution in [2.75, 3.05) is 0 Å². The average Bonchev–Trinajstić information content (AvgIpc) is 2.48. The van der Waals surface area contributed by atoms with E-state index in [9.17, 15) is 13.2 Å². The topological polar surface area (TPSA) is 13.1 Å². The molecule has 0 bridgehead atoms. The van der Waals surface area contributed by atoms with Crippen LogP contribution in [0.4, 0.5) is 13.2 Å². The summed E-state index contributed by atoms with van der Waals surface area (Å²) in [5.74, 6) is 0. The summed E-state index contributed by atoms with van der Waals surface area (Å²) in [7, 11) is 0. The normalized spacial score (nSPS) is 12.2. The molecule has 0 amide bonds. The van der Waals surface area contributed by atoms with Crippen molar-refractivity contribution in [2.45, 2.75) is 6.18 Å². The highest BCUT2D eigenvalue weighted by atomic mass is 19.4. The summed E-state index contributed by atoms with van der Waals surface area (Å²) >= 11 is 0. The van der Waals surface area contributed by atoms with E-state index in [0.717, 1.165) is 6.07 Å². The third-order valence-corrected chi connectivity index (χ3v) is 1.74. The summed E-state index contributed by atoms with van der Waals surface area (Å²) in [6, 6.07) is 4.99. The minimum Gasteiger partial charge on any atom is -0.453 e. The van der Waals surface area contributed by atoms with Crippen LogP contribution in [0.15, 0.2) is 28.7 Å². The van der Waals surface area contributed by atoms with E-state index in [2.05, 4.69) is 6.26 Å². The van der Waals surface area contributed by atoms with Gasteiger partial charge in [0.25, 0.3) is 0 Å². The quantitative estimate of drug-likeness (QED) is 0.614. The number of benzene rings is 1. The second-order valence-electron chi connectivity index (χ2n) is 2.58. The van der Waals surface area contributed by atoms with Crippen LogP contribution in [0, 0.1) is 6.26 Å². The minimum atomic E-state index is -4.34. The van der Waals surface area contributed by atoms with Gasteiger partial charge < -0.3 is 4.42 Å². The molecule has 0 aliphatic rings. The molecular weight excluding hydrogens is 181 g/mol. The standard InChI is InChI=1S/C9H4F3O/c10-9(11,12)7-2-1-3-8-6(7)4-5-13-8/h1-4H. The Morgan fingerprint density at radius 3 is 2.69 bits per heavy atom. The lowest BCUT2D eigenvalue weighted by molar-refractivity contribution is -0.136. The molecule has 13 heavy (non-hydrogen) atoms. The lowest BCUT2D eigenvalue weighted by Gasteiger charge is -2.06. The number of hydrogen-bond acceptors (Lipinski definition) is 1. The predicted octanol–water partition coefficient (Wildman–Crippen LogP) is 3.25. The molecule has 1 radical (unpaired) electrons. The molecule has 1 aromatic carbocycles. The van der Waals surface area contributed by atoms with Crippen LogP contribution in [0.1, 0.15) is 5.56 Å². The van der Waals surface area contributed by atoms with E-state index in [0.29, 0.717) is 0 Å². The molecule has 67 valence electrons. The van der Waals surface area contributed by atoms with Crippen LogP contribution in [0.25, 0.3) is 11.0 Å². The molecule has 0 saturated heterocycles. The zero-order valence-corrected chi connectivity index (χ0v) is 6.35. The van der Waals surface area contributed by atoms with Gasteiger partial charge in [-0.2, -0.15) is 13.2 Å². The number of hydrogen-bond donors (Lipinski definition) is 0. The molecule has 4 heteroatoms. The first-order chi connectivity index (χ1) is 6.09. The first kappa shape index (κ1) is 8.16. The van der Waals surface area contributed by atoms with E-state index < -0.39 is 11.7 Å². The summed E-state index contributed by atoms with van der Waals surface area (Å²) in [4.78, 5) is 0. The van der Waals surface area contributed by atoms with Crippen molar-refractivity contribution in [3.05, 3.63) is 36.1 Å². The molecule has 1 heterocycles. The molecule has 0 unspecified atom stereocenters. The van der Waals surface area contributed by atoms with Crippen molar-refractivity contribution in [1.82, 2.24) is 0 Å². The number of rotatable bonds is 0. The minimum absolute atomic E-state index is 0.0509. The lowest BCUT2D eigenvalue weighted by atomic mass is 10.1. The molecule has 1 aromatic heterocycles. The molecule has 2 aromatic rings. The Bertz CT molecular complexity index is 428. The van der Waals surface area contributed by atoms with Crippen molar-refractivity contribution >= 4 is 11.0 Å². The van der Waals surface area contributed by atoms with Crippen LogP contribution in [0.5, 0.6) is 0 Å². The third-order valence-electron chi connectivity index (χ3n) is 1.74. The van der Waals surface area contributed by atoms with Gasteiger partial charge in [-0.1, -0.05) is 6.07 Å². The third kappa shape index (κ3) is 1.28. The Hall–Kier alpha value is -1.45. The van der Waals surface area contributed by atoms with E-state index in [-0.39, 0.29) is 11.0 Å². The highest BCUT2D eigenvalue weighted by molar-refractivity contribution is 5.81. The van der Waals surface area contributed by atoms with Gasteiger partial charge in [0.05, 0.1) is 5.56 Å². The Kier molecular flexibility index (Phi) is 1.58. The maximum atomic E-state index is 12.3. The van der Waals surface area contributed by atoms with Crippen LogP contribution in [-0.4, -0.2) is 0 Å². The molecule has 0 saturated carbocycles. The monoisotopic (exact) mass is 185 g/mol. The zero-order chi connectivity index (χ0) is 9.47. The van der Waals surface area contributed by atoms with Gasteiger partial charge in [0.2, 0.25) is 0 Å². The Balaban J connectivity index is 2.75. The first-order valence-corrected chi connectivity index (χ1v) is 3.55. The fourth-order valence-corrected chi connectivity index (χ4v) is 1.18. The summed E-state index contributed by atoms with van der Waals surface area (Å²) < 4.78 is 41.7. The van der Waals surface area contributed by atoms with Crippen LogP contribution in [0.3, 0.4) is 0 Å². The van der Waals surface area contributed by atoms with Gasteiger partial charge in [0, 0.05) is 5.39 Å². The van der Waals surface area contributed by atoms with Gasteiger partial charge in [-0.15, -0.1) is 0 Å². The molecule has 1 nitrogen and oxygen atoms in total. The fraction of sp³-hybridized carbons (Fsp3) is 0.111. The lowest BCUT2D eigenvalue weighted by Crippen LogP contribution is -2.04. The Labute approximate surface area is 71.8 Å². The smallest absolute Gasteiger partial charge is 0.417 e. The number of halogens is 3. The summed E-state index contributed by atoms with van der Waals surface area (Å²) in [5.41, 5.74) is -0.482. The molecule has 0 N–H and O–H groups in total. The second-order valence-corrected chi connectivity index (χ2v) is 2.58. The van der Waals surface area contributed by atoms with Gasteiger partial charge in [0.1, 0.15) is 5.58 Å². The molecule has 0 aliphatic carbocycles. The zero-order valence-electron chi connectivity index (χ0n) is 6.35. The molecule has 2 rings (SSSR count). The van der Waals surface area contributed by atoms with Crippen LogP contribution in [0.2, 0.25) is 0 Å². The van der Waals surface area contributed by atoms with Crippen molar-refractivity contribution < 1.29 is 17.6 Å². The molecule has 0 aliphatic heterocycles. The van der Waals surface area contributed by atoms with E-state index in [1.54, 1.807) is 0 Å². The maximum Gasteiger partial charge on any atom is 0.417 e. The van der Waals surface area contributed by atoms with Gasteiger partial charge in [-0.25, -0.2) is 0 Å². The molecule has 0 atom stereocenters. The van der Waals surface area contributed by atoms with Crippen molar-refractivity contribution in [1.29, 1.82) is 0 Å². The Morgan fingerprint density at radius 2 is 2.00 bits per heavy atom. The predicted molar refractivity (Wildman–Crippen MR) is 40.1 cm³/mol. The SMILES string of the molecule is FC(F)(F)c1cccc2o[c]cc12. The van der Waals surface area contributed by atoms with E-state index >= 15 is 0 Å². The van der Waals surface area contributed by atoms with Gasteiger partial charge in [-0.3, -0.25) is 0 Å². The highest BCUT2D eigenvalue weighted by Crippen LogP contribution is 2.34. The van der Waals surface area contributed by atoms with Crippen molar-refractivity contribution in [3.63, 3.8) is 0 Å². The number of fused-ring (bicyclic) bond motifs is 1. The summed E-state index contributed by atoms with van der Waals surface area (Å²) in [5, 5.41) is 0.0509. The van der Waals surface area contributed by atoms with E-state index in [1.807, 2.05) is 0 Å². The van der Waals surface area contributed by atoms with Crippen molar-refractivity contribution in [3.8, 4) is 0 Å². The molecule has 0 spiro atoms. The van der Waals surface area contributed by atoms with Crippen LogP contribution in [-0.2, 0) is 6.18 Å². The second kappa shape index (κ2) is 2.52. The summed E-state index contributed by atoms with van der Waals surface area (Å²) in [6.07, 6.45) is -2.06. The maximum absolute atomic E-state index is 12.3. The largest absolute Gasteiger partial charge is 0.453 e. The van der Waals surface area contributed by atoms with Crippen molar-refractivity contribution in [2.24, 2.45) is 0 Å². The average molecular weight is 185 g/mol. The Morgan fingerprint density at radius 1 is 1.23 bits per heavy atom. The molecular formula is C9H4F3O. The van der Waals surface area contributed by atoms with Crippen LogP contribution < -0.4 is 0 Å². The number of furan rings is 1. The van der Waals surface area contributed by atoms with Gasteiger partial charge >= 0.3 is 6.18 Å². The first-order valence-electron chi connectivity index (χ1n) is 3.55. The van der Waals surface area contributed by atoms with E-state index in [1.165, 1.54) is 18.2 Å². The summed E-state index contributed by atoms with van der Waals surface area (Å²) in [6.45, 7) is 0. The molecule has 0 fully saturated rings. The van der Waals surface area contributed by atoms with Gasteiger partial charge in [0.15, 0.2) is 6.26 Å².